The van der Waals surface area contributed by atoms with Crippen molar-refractivity contribution < 1.29 is 5.11 Å². The molecule has 0 spiro atoms. The van der Waals surface area contributed by atoms with Gasteiger partial charge in [-0.05, 0) is 44.4 Å². The van der Waals surface area contributed by atoms with Crippen molar-refractivity contribution >= 4 is 0 Å². The quantitative estimate of drug-likeness (QED) is 0.728. The zero-order valence-electron chi connectivity index (χ0n) is 12.2. The Bertz CT molecular complexity index is 371. The van der Waals surface area contributed by atoms with Crippen LogP contribution in [0.2, 0.25) is 0 Å². The minimum absolute atomic E-state index is 0.150. The topological polar surface area (TPSA) is 32.3 Å². The van der Waals surface area contributed by atoms with Gasteiger partial charge in [-0.2, -0.15) is 0 Å². The largest absolute Gasteiger partial charge is 0.396 e. The van der Waals surface area contributed by atoms with E-state index in [4.69, 9.17) is 5.11 Å². The molecule has 18 heavy (non-hydrogen) atoms. The Morgan fingerprint density at radius 2 is 1.89 bits per heavy atom. The summed E-state index contributed by atoms with van der Waals surface area (Å²) in [6.45, 7) is 11.1. The Hall–Kier alpha value is -0.860. The second-order valence-corrected chi connectivity index (χ2v) is 5.81. The molecule has 0 aromatic heterocycles. The van der Waals surface area contributed by atoms with Gasteiger partial charge in [0, 0.05) is 18.6 Å². The van der Waals surface area contributed by atoms with Crippen LogP contribution in [0.5, 0.6) is 0 Å². The standard InChI is InChI=1S/C16H27NO/c1-13-7-8-15(14(2)11-13)16(3,4)12-17-9-5-6-10-18/h7-8,11,17-18H,5-6,9-10,12H2,1-4H3. The molecule has 0 saturated heterocycles. The maximum Gasteiger partial charge on any atom is 0.0431 e. The number of rotatable bonds is 7. The SMILES string of the molecule is Cc1ccc(C(C)(C)CNCCCCO)c(C)c1. The Morgan fingerprint density at radius 3 is 2.50 bits per heavy atom. The van der Waals surface area contributed by atoms with Crippen molar-refractivity contribution in [3.63, 3.8) is 0 Å². The van der Waals surface area contributed by atoms with Crippen LogP contribution in [0.15, 0.2) is 18.2 Å². The minimum Gasteiger partial charge on any atom is -0.396 e. The predicted octanol–water partition coefficient (Wildman–Crippen LogP) is 2.94. The lowest BCUT2D eigenvalue weighted by Crippen LogP contribution is -2.34. The van der Waals surface area contributed by atoms with Crippen LogP contribution in [-0.2, 0) is 5.41 Å². The molecule has 1 aromatic carbocycles. The normalized spacial score (nSPS) is 11.8. The smallest absolute Gasteiger partial charge is 0.0431 e. The number of benzene rings is 1. The van der Waals surface area contributed by atoms with Gasteiger partial charge in [0.25, 0.3) is 0 Å². The molecule has 1 rings (SSSR count). The fourth-order valence-electron chi connectivity index (χ4n) is 2.43. The minimum atomic E-state index is 0.150. The molecule has 0 radical (unpaired) electrons. The maximum absolute atomic E-state index is 8.74. The first kappa shape index (κ1) is 15.2. The van der Waals surface area contributed by atoms with Crippen molar-refractivity contribution in [1.29, 1.82) is 0 Å². The Labute approximate surface area is 111 Å². The van der Waals surface area contributed by atoms with Gasteiger partial charge in [0.2, 0.25) is 0 Å². The molecule has 0 unspecified atom stereocenters. The Kier molecular flexibility index (Phi) is 5.83. The van der Waals surface area contributed by atoms with Gasteiger partial charge in [0.1, 0.15) is 0 Å². The number of aliphatic hydroxyl groups excluding tert-OH is 1. The van der Waals surface area contributed by atoms with Crippen molar-refractivity contribution in [2.24, 2.45) is 0 Å². The van der Waals surface area contributed by atoms with E-state index in [0.717, 1.165) is 25.9 Å². The summed E-state index contributed by atoms with van der Waals surface area (Å²) in [5, 5.41) is 12.2. The molecule has 102 valence electrons. The van der Waals surface area contributed by atoms with Gasteiger partial charge in [-0.25, -0.2) is 0 Å². The Balaban J connectivity index is 2.56. The van der Waals surface area contributed by atoms with Gasteiger partial charge >= 0.3 is 0 Å². The van der Waals surface area contributed by atoms with Gasteiger partial charge in [-0.1, -0.05) is 37.6 Å². The zero-order valence-corrected chi connectivity index (χ0v) is 12.2. The van der Waals surface area contributed by atoms with E-state index in [9.17, 15) is 0 Å². The highest BCUT2D eigenvalue weighted by molar-refractivity contribution is 5.35. The van der Waals surface area contributed by atoms with E-state index in [1.165, 1.54) is 16.7 Å². The molecule has 0 fully saturated rings. The van der Waals surface area contributed by atoms with Crippen LogP contribution in [0, 0.1) is 13.8 Å². The van der Waals surface area contributed by atoms with Gasteiger partial charge in [-0.3, -0.25) is 0 Å². The number of aliphatic hydroxyl groups is 1. The second-order valence-electron chi connectivity index (χ2n) is 5.81. The lowest BCUT2D eigenvalue weighted by Gasteiger charge is -2.28. The Morgan fingerprint density at radius 1 is 1.17 bits per heavy atom. The number of hydrogen-bond acceptors (Lipinski definition) is 2. The molecular weight excluding hydrogens is 222 g/mol. The van der Waals surface area contributed by atoms with Crippen molar-refractivity contribution in [2.75, 3.05) is 19.7 Å². The van der Waals surface area contributed by atoms with Gasteiger partial charge in [0.05, 0.1) is 0 Å². The molecular formula is C16H27NO. The van der Waals surface area contributed by atoms with E-state index in [-0.39, 0.29) is 5.41 Å². The van der Waals surface area contributed by atoms with E-state index in [0.29, 0.717) is 6.61 Å². The summed E-state index contributed by atoms with van der Waals surface area (Å²) in [6, 6.07) is 6.69. The lowest BCUT2D eigenvalue weighted by molar-refractivity contribution is 0.283. The van der Waals surface area contributed by atoms with Crippen molar-refractivity contribution in [3.05, 3.63) is 34.9 Å². The molecule has 2 nitrogen and oxygen atoms in total. The van der Waals surface area contributed by atoms with Gasteiger partial charge in [0.15, 0.2) is 0 Å². The summed E-state index contributed by atoms with van der Waals surface area (Å²) in [6.07, 6.45) is 1.93. The van der Waals surface area contributed by atoms with E-state index in [1.54, 1.807) is 0 Å². The summed E-state index contributed by atoms with van der Waals surface area (Å²) in [5.74, 6) is 0. The number of aryl methyl sites for hydroxylation is 2. The van der Waals surface area contributed by atoms with E-state index >= 15 is 0 Å². The summed E-state index contributed by atoms with van der Waals surface area (Å²) in [4.78, 5) is 0. The molecule has 0 amide bonds. The third-order valence-corrected chi connectivity index (χ3v) is 3.44. The molecule has 0 aliphatic rings. The third-order valence-electron chi connectivity index (χ3n) is 3.44. The summed E-state index contributed by atoms with van der Waals surface area (Å²) in [7, 11) is 0. The maximum atomic E-state index is 8.74. The van der Waals surface area contributed by atoms with Crippen molar-refractivity contribution in [2.45, 2.75) is 46.0 Å². The highest BCUT2D eigenvalue weighted by Gasteiger charge is 2.21. The average molecular weight is 249 g/mol. The van der Waals surface area contributed by atoms with Crippen LogP contribution in [0.1, 0.15) is 43.4 Å². The molecule has 2 heteroatoms. The molecule has 0 saturated carbocycles. The average Bonchev–Trinajstić information content (AvgIpc) is 2.28. The first-order valence-corrected chi connectivity index (χ1v) is 6.86. The van der Waals surface area contributed by atoms with Crippen LogP contribution >= 0.6 is 0 Å². The van der Waals surface area contributed by atoms with Crippen LogP contribution in [0.3, 0.4) is 0 Å². The molecule has 0 atom stereocenters. The van der Waals surface area contributed by atoms with Crippen LogP contribution in [-0.4, -0.2) is 24.8 Å². The lowest BCUT2D eigenvalue weighted by atomic mass is 9.81. The zero-order chi connectivity index (χ0) is 13.6. The molecule has 0 heterocycles. The van der Waals surface area contributed by atoms with E-state index in [2.05, 4.69) is 51.2 Å². The summed E-state index contributed by atoms with van der Waals surface area (Å²) >= 11 is 0. The first-order valence-electron chi connectivity index (χ1n) is 6.86. The predicted molar refractivity (Wildman–Crippen MR) is 78.1 cm³/mol. The highest BCUT2D eigenvalue weighted by Crippen LogP contribution is 2.26. The van der Waals surface area contributed by atoms with E-state index < -0.39 is 0 Å². The summed E-state index contributed by atoms with van der Waals surface area (Å²) < 4.78 is 0. The third kappa shape index (κ3) is 4.43. The van der Waals surface area contributed by atoms with Crippen molar-refractivity contribution in [1.82, 2.24) is 5.32 Å². The van der Waals surface area contributed by atoms with Crippen LogP contribution in [0.4, 0.5) is 0 Å². The first-order chi connectivity index (χ1) is 8.47. The van der Waals surface area contributed by atoms with Gasteiger partial charge in [-0.15, -0.1) is 0 Å². The van der Waals surface area contributed by atoms with Crippen LogP contribution < -0.4 is 5.32 Å². The monoisotopic (exact) mass is 249 g/mol. The summed E-state index contributed by atoms with van der Waals surface area (Å²) in [5.41, 5.74) is 4.26. The number of unbranched alkanes of at least 4 members (excludes halogenated alkanes) is 1. The fourth-order valence-corrected chi connectivity index (χ4v) is 2.43. The fraction of sp³-hybridized carbons (Fsp3) is 0.625. The molecule has 1 aromatic rings. The molecule has 0 bridgehead atoms. The molecule has 0 aliphatic carbocycles. The number of nitrogens with one attached hydrogen (secondary N) is 1. The molecule has 2 N–H and O–H groups in total. The van der Waals surface area contributed by atoms with Gasteiger partial charge < -0.3 is 10.4 Å². The molecule has 0 aliphatic heterocycles. The van der Waals surface area contributed by atoms with Crippen molar-refractivity contribution in [3.8, 4) is 0 Å². The second kappa shape index (κ2) is 6.91. The van der Waals surface area contributed by atoms with Crippen LogP contribution in [0.25, 0.3) is 0 Å². The number of hydrogen-bond donors (Lipinski definition) is 2. The highest BCUT2D eigenvalue weighted by atomic mass is 16.2. The van der Waals surface area contributed by atoms with E-state index in [1.807, 2.05) is 0 Å².